The van der Waals surface area contributed by atoms with Crippen LogP contribution in [0.3, 0.4) is 0 Å². The van der Waals surface area contributed by atoms with Gasteiger partial charge in [-0.25, -0.2) is 0 Å². The Kier molecular flexibility index (Phi) is 4.65. The van der Waals surface area contributed by atoms with E-state index in [0.29, 0.717) is 12.2 Å². The van der Waals surface area contributed by atoms with Gasteiger partial charge in [0.25, 0.3) is 0 Å². The molecule has 0 aliphatic carbocycles. The summed E-state index contributed by atoms with van der Waals surface area (Å²) in [5.41, 5.74) is 0. The Morgan fingerprint density at radius 1 is 1.64 bits per heavy atom. The quantitative estimate of drug-likeness (QED) is 0.649. The van der Waals surface area contributed by atoms with Crippen LogP contribution in [0.25, 0.3) is 0 Å². The second kappa shape index (κ2) is 5.80. The molecule has 0 radical (unpaired) electrons. The molecule has 0 aromatic carbocycles. The van der Waals surface area contributed by atoms with E-state index in [2.05, 4.69) is 26.3 Å². The van der Waals surface area contributed by atoms with E-state index in [1.165, 1.54) is 0 Å². The van der Waals surface area contributed by atoms with Crippen molar-refractivity contribution in [2.75, 3.05) is 10.6 Å². The lowest BCUT2D eigenvalue weighted by Gasteiger charge is -2.00. The van der Waals surface area contributed by atoms with Crippen molar-refractivity contribution in [3.05, 3.63) is 12.3 Å². The third kappa shape index (κ3) is 3.91. The number of carbonyl (C=O) groups excluding carboxylic acids is 1. The monoisotopic (exact) mass is 259 g/mol. The fourth-order valence-corrected chi connectivity index (χ4v) is 1.46. The highest BCUT2D eigenvalue weighted by molar-refractivity contribution is 9.09. The van der Waals surface area contributed by atoms with E-state index in [9.17, 15) is 4.79 Å². The van der Waals surface area contributed by atoms with Gasteiger partial charge in [0.1, 0.15) is 0 Å². The second-order valence-electron chi connectivity index (χ2n) is 3.07. The predicted octanol–water partition coefficient (Wildman–Crippen LogP) is 1.92. The molecule has 5 heteroatoms. The first-order chi connectivity index (χ1) is 6.72. The average molecular weight is 260 g/mol. The maximum absolute atomic E-state index is 11.3. The van der Waals surface area contributed by atoms with Gasteiger partial charge in [-0.3, -0.25) is 9.48 Å². The van der Waals surface area contributed by atoms with Gasteiger partial charge in [0.15, 0.2) is 5.82 Å². The molecule has 0 saturated carbocycles. The number of amides is 1. The molecule has 14 heavy (non-hydrogen) atoms. The van der Waals surface area contributed by atoms with E-state index >= 15 is 0 Å². The molecule has 1 amide bonds. The summed E-state index contributed by atoms with van der Waals surface area (Å²) in [6.07, 6.45) is 4.29. The standard InChI is InChI=1S/C9H14BrN3O/c1-13-7-5-8(12-13)11-9(14)4-2-3-6-10/h5,7H,2-4,6H2,1H3,(H,11,12,14). The van der Waals surface area contributed by atoms with Crippen LogP contribution in [-0.2, 0) is 11.8 Å². The van der Waals surface area contributed by atoms with Gasteiger partial charge < -0.3 is 5.32 Å². The molecule has 0 atom stereocenters. The molecule has 1 heterocycles. The molecule has 0 aliphatic heterocycles. The van der Waals surface area contributed by atoms with Crippen LogP contribution in [0.2, 0.25) is 0 Å². The summed E-state index contributed by atoms with van der Waals surface area (Å²) < 4.78 is 1.66. The van der Waals surface area contributed by atoms with E-state index < -0.39 is 0 Å². The highest BCUT2D eigenvalue weighted by Gasteiger charge is 2.03. The van der Waals surface area contributed by atoms with E-state index in [1.807, 2.05) is 7.05 Å². The lowest BCUT2D eigenvalue weighted by atomic mass is 10.2. The first-order valence-electron chi connectivity index (χ1n) is 4.58. The van der Waals surface area contributed by atoms with Gasteiger partial charge in [0.2, 0.25) is 5.91 Å². The SMILES string of the molecule is Cn1ccc(NC(=O)CCCCBr)n1. The summed E-state index contributed by atoms with van der Waals surface area (Å²) in [7, 11) is 1.82. The maximum Gasteiger partial charge on any atom is 0.225 e. The van der Waals surface area contributed by atoms with Crippen LogP contribution < -0.4 is 5.32 Å². The zero-order chi connectivity index (χ0) is 10.4. The van der Waals surface area contributed by atoms with Crippen molar-refractivity contribution >= 4 is 27.7 Å². The van der Waals surface area contributed by atoms with Crippen molar-refractivity contribution in [2.45, 2.75) is 19.3 Å². The fourth-order valence-electron chi connectivity index (χ4n) is 1.07. The first kappa shape index (κ1) is 11.2. The van der Waals surface area contributed by atoms with E-state index in [1.54, 1.807) is 16.9 Å². The molecular formula is C9H14BrN3O. The Morgan fingerprint density at radius 2 is 2.43 bits per heavy atom. The number of nitrogens with zero attached hydrogens (tertiary/aromatic N) is 2. The summed E-state index contributed by atoms with van der Waals surface area (Å²) in [5, 5.41) is 7.74. The molecule has 1 aromatic rings. The van der Waals surface area contributed by atoms with Gasteiger partial charge in [-0.05, 0) is 12.8 Å². The van der Waals surface area contributed by atoms with Crippen molar-refractivity contribution in [1.29, 1.82) is 0 Å². The number of aromatic nitrogens is 2. The number of hydrogen-bond acceptors (Lipinski definition) is 2. The molecule has 0 fully saturated rings. The lowest BCUT2D eigenvalue weighted by Crippen LogP contribution is -2.11. The number of alkyl halides is 1. The van der Waals surface area contributed by atoms with Crippen molar-refractivity contribution < 1.29 is 4.79 Å². The van der Waals surface area contributed by atoms with Crippen molar-refractivity contribution in [3.8, 4) is 0 Å². The average Bonchev–Trinajstić information content (AvgIpc) is 2.52. The summed E-state index contributed by atoms with van der Waals surface area (Å²) in [6.45, 7) is 0. The largest absolute Gasteiger partial charge is 0.309 e. The van der Waals surface area contributed by atoms with Gasteiger partial charge >= 0.3 is 0 Å². The van der Waals surface area contributed by atoms with Gasteiger partial charge in [0.05, 0.1) is 0 Å². The number of anilines is 1. The normalized spacial score (nSPS) is 10.1. The topological polar surface area (TPSA) is 46.9 Å². The molecule has 4 nitrogen and oxygen atoms in total. The van der Waals surface area contributed by atoms with Crippen LogP contribution in [-0.4, -0.2) is 21.0 Å². The highest BCUT2D eigenvalue weighted by atomic mass is 79.9. The Labute approximate surface area is 91.8 Å². The zero-order valence-corrected chi connectivity index (χ0v) is 9.75. The number of rotatable bonds is 5. The van der Waals surface area contributed by atoms with Crippen molar-refractivity contribution in [2.24, 2.45) is 7.05 Å². The van der Waals surface area contributed by atoms with E-state index in [0.717, 1.165) is 18.2 Å². The van der Waals surface area contributed by atoms with Crippen LogP contribution in [0.5, 0.6) is 0 Å². The molecule has 78 valence electrons. The summed E-state index contributed by atoms with van der Waals surface area (Å²) in [4.78, 5) is 11.3. The Hall–Kier alpha value is -0.840. The van der Waals surface area contributed by atoms with Gasteiger partial charge in [0, 0.05) is 31.1 Å². The van der Waals surface area contributed by atoms with Crippen LogP contribution in [0.15, 0.2) is 12.3 Å². The molecule has 0 unspecified atom stereocenters. The Morgan fingerprint density at radius 3 is 3.00 bits per heavy atom. The summed E-state index contributed by atoms with van der Waals surface area (Å²) >= 11 is 3.32. The summed E-state index contributed by atoms with van der Waals surface area (Å²) in [5.74, 6) is 0.654. The molecule has 0 aliphatic rings. The Balaban J connectivity index is 2.27. The highest BCUT2D eigenvalue weighted by Crippen LogP contribution is 2.04. The zero-order valence-electron chi connectivity index (χ0n) is 8.16. The smallest absolute Gasteiger partial charge is 0.225 e. The third-order valence-electron chi connectivity index (χ3n) is 1.77. The molecule has 0 saturated heterocycles. The third-order valence-corrected chi connectivity index (χ3v) is 2.33. The van der Waals surface area contributed by atoms with Gasteiger partial charge in [-0.15, -0.1) is 0 Å². The Bertz CT molecular complexity index is 298. The maximum atomic E-state index is 11.3. The van der Waals surface area contributed by atoms with Gasteiger partial charge in [-0.2, -0.15) is 5.10 Å². The number of aryl methyl sites for hydroxylation is 1. The molecule has 0 bridgehead atoms. The number of carbonyl (C=O) groups is 1. The van der Waals surface area contributed by atoms with Crippen LogP contribution in [0.1, 0.15) is 19.3 Å². The lowest BCUT2D eigenvalue weighted by molar-refractivity contribution is -0.116. The van der Waals surface area contributed by atoms with E-state index in [4.69, 9.17) is 0 Å². The summed E-state index contributed by atoms with van der Waals surface area (Å²) in [6, 6.07) is 1.78. The fraction of sp³-hybridized carbons (Fsp3) is 0.556. The van der Waals surface area contributed by atoms with Crippen molar-refractivity contribution in [1.82, 2.24) is 9.78 Å². The molecule has 0 spiro atoms. The minimum absolute atomic E-state index is 0.0321. The number of halogens is 1. The van der Waals surface area contributed by atoms with Crippen LogP contribution in [0, 0.1) is 0 Å². The predicted molar refractivity (Wildman–Crippen MR) is 59.5 cm³/mol. The first-order valence-corrected chi connectivity index (χ1v) is 5.70. The molecule has 1 aromatic heterocycles. The number of hydrogen-bond donors (Lipinski definition) is 1. The molecule has 1 N–H and O–H groups in total. The minimum atomic E-state index is 0.0321. The van der Waals surface area contributed by atoms with E-state index in [-0.39, 0.29) is 5.91 Å². The van der Waals surface area contributed by atoms with Crippen molar-refractivity contribution in [3.63, 3.8) is 0 Å². The molecular weight excluding hydrogens is 246 g/mol. The number of unbranched alkanes of at least 4 members (excludes halogenated alkanes) is 1. The minimum Gasteiger partial charge on any atom is -0.309 e. The van der Waals surface area contributed by atoms with Crippen LogP contribution >= 0.6 is 15.9 Å². The number of nitrogens with one attached hydrogen (secondary N) is 1. The second-order valence-corrected chi connectivity index (χ2v) is 3.86. The van der Waals surface area contributed by atoms with Gasteiger partial charge in [-0.1, -0.05) is 15.9 Å². The van der Waals surface area contributed by atoms with Crippen LogP contribution in [0.4, 0.5) is 5.82 Å². The molecule has 1 rings (SSSR count).